The fourth-order valence-corrected chi connectivity index (χ4v) is 2.12. The van der Waals surface area contributed by atoms with Gasteiger partial charge < -0.3 is 4.90 Å². The van der Waals surface area contributed by atoms with Crippen molar-refractivity contribution in [3.05, 3.63) is 58.6 Å². The summed E-state index contributed by atoms with van der Waals surface area (Å²) in [5, 5.41) is 0.443. The molecule has 0 unspecified atom stereocenters. The van der Waals surface area contributed by atoms with Gasteiger partial charge in [-0.1, -0.05) is 11.6 Å². The first-order valence-electron chi connectivity index (χ1n) is 6.34. The Kier molecular flexibility index (Phi) is 4.69. The van der Waals surface area contributed by atoms with Gasteiger partial charge in [0.15, 0.2) is 0 Å². The van der Waals surface area contributed by atoms with Crippen molar-refractivity contribution < 1.29 is 4.79 Å². The molecule has 0 aliphatic heterocycles. The van der Waals surface area contributed by atoms with Crippen molar-refractivity contribution in [3.8, 4) is 0 Å². The monoisotopic (exact) mass is 289 g/mol. The highest BCUT2D eigenvalue weighted by atomic mass is 35.5. The molecular formula is C15H16ClN3O. The van der Waals surface area contributed by atoms with Gasteiger partial charge in [0.1, 0.15) is 0 Å². The quantitative estimate of drug-likeness (QED) is 0.869. The van der Waals surface area contributed by atoms with Crippen LogP contribution in [0, 0.1) is 6.92 Å². The summed E-state index contributed by atoms with van der Waals surface area (Å²) in [5.74, 6) is -0.114. The van der Waals surface area contributed by atoms with Crippen LogP contribution in [0.4, 0.5) is 0 Å². The molecule has 0 aliphatic rings. The second-order valence-corrected chi connectivity index (χ2v) is 5.04. The average Bonchev–Trinajstić information content (AvgIpc) is 2.45. The fraction of sp³-hybridized carbons (Fsp3) is 0.267. The number of aromatic nitrogens is 2. The summed E-state index contributed by atoms with van der Waals surface area (Å²) in [6.07, 6.45) is 5.81. The zero-order chi connectivity index (χ0) is 14.5. The van der Waals surface area contributed by atoms with Crippen molar-refractivity contribution in [2.45, 2.75) is 13.3 Å². The summed E-state index contributed by atoms with van der Waals surface area (Å²) in [6.45, 7) is 2.46. The lowest BCUT2D eigenvalue weighted by Crippen LogP contribution is -2.29. The van der Waals surface area contributed by atoms with Crippen molar-refractivity contribution in [2.24, 2.45) is 0 Å². The van der Waals surface area contributed by atoms with Crippen LogP contribution in [-0.4, -0.2) is 34.4 Å². The molecule has 2 heterocycles. The Bertz CT molecular complexity index is 601. The zero-order valence-corrected chi connectivity index (χ0v) is 12.3. The lowest BCUT2D eigenvalue weighted by molar-refractivity contribution is 0.0796. The van der Waals surface area contributed by atoms with Gasteiger partial charge in [-0.3, -0.25) is 14.8 Å². The minimum atomic E-state index is -0.114. The Morgan fingerprint density at radius 3 is 2.70 bits per heavy atom. The van der Waals surface area contributed by atoms with Crippen LogP contribution in [0.2, 0.25) is 5.02 Å². The molecule has 0 saturated heterocycles. The normalized spacial score (nSPS) is 10.3. The van der Waals surface area contributed by atoms with Gasteiger partial charge >= 0.3 is 0 Å². The maximum atomic E-state index is 12.3. The van der Waals surface area contributed by atoms with E-state index >= 15 is 0 Å². The highest BCUT2D eigenvalue weighted by molar-refractivity contribution is 6.33. The average molecular weight is 290 g/mol. The number of aryl methyl sites for hydroxylation is 1. The van der Waals surface area contributed by atoms with Gasteiger partial charge in [0.2, 0.25) is 0 Å². The van der Waals surface area contributed by atoms with Crippen molar-refractivity contribution in [2.75, 3.05) is 13.6 Å². The van der Waals surface area contributed by atoms with Crippen LogP contribution in [-0.2, 0) is 6.42 Å². The zero-order valence-electron chi connectivity index (χ0n) is 11.5. The van der Waals surface area contributed by atoms with E-state index in [0.717, 1.165) is 17.7 Å². The molecule has 2 aromatic heterocycles. The SMILES string of the molecule is Cc1cc(Cl)c(C(=O)N(C)CCc2ccncc2)cn1. The number of amides is 1. The molecule has 2 rings (SSSR count). The van der Waals surface area contributed by atoms with E-state index in [1.54, 1.807) is 30.4 Å². The standard InChI is InChI=1S/C15H16ClN3O/c1-11-9-14(16)13(10-18-11)15(20)19(2)8-5-12-3-6-17-7-4-12/h3-4,6-7,9-10H,5,8H2,1-2H3. The molecular weight excluding hydrogens is 274 g/mol. The summed E-state index contributed by atoms with van der Waals surface area (Å²) >= 11 is 6.09. The predicted octanol–water partition coefficient (Wildman–Crippen LogP) is 2.75. The topological polar surface area (TPSA) is 46.1 Å². The third kappa shape index (κ3) is 3.54. The van der Waals surface area contributed by atoms with E-state index in [4.69, 9.17) is 11.6 Å². The van der Waals surface area contributed by atoms with Crippen LogP contribution in [0.15, 0.2) is 36.8 Å². The lowest BCUT2D eigenvalue weighted by Gasteiger charge is -2.17. The van der Waals surface area contributed by atoms with Crippen LogP contribution in [0.5, 0.6) is 0 Å². The van der Waals surface area contributed by atoms with Gasteiger partial charge in [-0.25, -0.2) is 0 Å². The third-order valence-corrected chi connectivity index (χ3v) is 3.37. The molecule has 0 radical (unpaired) electrons. The molecule has 0 saturated carbocycles. The Morgan fingerprint density at radius 2 is 2.05 bits per heavy atom. The fourth-order valence-electron chi connectivity index (χ4n) is 1.84. The molecule has 0 aromatic carbocycles. The second kappa shape index (κ2) is 6.48. The summed E-state index contributed by atoms with van der Waals surface area (Å²) in [7, 11) is 1.76. The second-order valence-electron chi connectivity index (χ2n) is 4.64. The molecule has 0 fully saturated rings. The van der Waals surface area contributed by atoms with E-state index in [-0.39, 0.29) is 5.91 Å². The van der Waals surface area contributed by atoms with Crippen LogP contribution in [0.1, 0.15) is 21.6 Å². The number of likely N-dealkylation sites (N-methyl/N-ethyl adjacent to an activating group) is 1. The summed E-state index contributed by atoms with van der Waals surface area (Å²) in [6, 6.07) is 5.59. The Labute approximate surface area is 123 Å². The summed E-state index contributed by atoms with van der Waals surface area (Å²) in [5.41, 5.74) is 2.38. The third-order valence-electron chi connectivity index (χ3n) is 3.05. The van der Waals surface area contributed by atoms with Crippen molar-refractivity contribution >= 4 is 17.5 Å². The van der Waals surface area contributed by atoms with Gasteiger partial charge in [-0.2, -0.15) is 0 Å². The van der Waals surface area contributed by atoms with Gasteiger partial charge in [-0.05, 0) is 37.1 Å². The summed E-state index contributed by atoms with van der Waals surface area (Å²) in [4.78, 5) is 22.0. The van der Waals surface area contributed by atoms with Crippen molar-refractivity contribution in [1.82, 2.24) is 14.9 Å². The van der Waals surface area contributed by atoms with Crippen LogP contribution >= 0.6 is 11.6 Å². The molecule has 0 aliphatic carbocycles. The van der Waals surface area contributed by atoms with E-state index in [1.807, 2.05) is 19.1 Å². The van der Waals surface area contributed by atoms with Crippen LogP contribution < -0.4 is 0 Å². The van der Waals surface area contributed by atoms with E-state index in [2.05, 4.69) is 9.97 Å². The van der Waals surface area contributed by atoms with Crippen LogP contribution in [0.3, 0.4) is 0 Å². The number of carbonyl (C=O) groups is 1. The molecule has 20 heavy (non-hydrogen) atoms. The molecule has 0 bridgehead atoms. The minimum Gasteiger partial charge on any atom is -0.341 e. The van der Waals surface area contributed by atoms with E-state index in [9.17, 15) is 4.79 Å². The minimum absolute atomic E-state index is 0.114. The summed E-state index contributed by atoms with van der Waals surface area (Å²) < 4.78 is 0. The molecule has 0 atom stereocenters. The molecule has 104 valence electrons. The van der Waals surface area contributed by atoms with Gasteiger partial charge in [-0.15, -0.1) is 0 Å². The molecule has 0 spiro atoms. The van der Waals surface area contributed by atoms with Gasteiger partial charge in [0.25, 0.3) is 5.91 Å². The van der Waals surface area contributed by atoms with Gasteiger partial charge in [0, 0.05) is 37.9 Å². The highest BCUT2D eigenvalue weighted by Crippen LogP contribution is 2.17. The molecule has 1 amide bonds. The van der Waals surface area contributed by atoms with Gasteiger partial charge in [0.05, 0.1) is 10.6 Å². The van der Waals surface area contributed by atoms with E-state index < -0.39 is 0 Å². The molecule has 4 nitrogen and oxygen atoms in total. The lowest BCUT2D eigenvalue weighted by atomic mass is 10.2. The number of hydrogen-bond donors (Lipinski definition) is 0. The maximum absolute atomic E-state index is 12.3. The van der Waals surface area contributed by atoms with Crippen molar-refractivity contribution in [1.29, 1.82) is 0 Å². The number of carbonyl (C=O) groups excluding carboxylic acids is 1. The first-order chi connectivity index (χ1) is 9.58. The van der Waals surface area contributed by atoms with E-state index in [0.29, 0.717) is 17.1 Å². The molecule has 5 heteroatoms. The number of nitrogens with zero attached hydrogens (tertiary/aromatic N) is 3. The number of rotatable bonds is 4. The highest BCUT2D eigenvalue weighted by Gasteiger charge is 2.15. The smallest absolute Gasteiger partial charge is 0.256 e. The number of hydrogen-bond acceptors (Lipinski definition) is 3. The molecule has 2 aromatic rings. The maximum Gasteiger partial charge on any atom is 0.256 e. The van der Waals surface area contributed by atoms with E-state index in [1.165, 1.54) is 6.20 Å². The Hall–Kier alpha value is -1.94. The molecule has 0 N–H and O–H groups in total. The Morgan fingerprint density at radius 1 is 1.35 bits per heavy atom. The number of halogens is 1. The predicted molar refractivity (Wildman–Crippen MR) is 78.9 cm³/mol. The first-order valence-corrected chi connectivity index (χ1v) is 6.72. The van der Waals surface area contributed by atoms with Crippen LogP contribution in [0.25, 0.3) is 0 Å². The number of pyridine rings is 2. The largest absolute Gasteiger partial charge is 0.341 e. The van der Waals surface area contributed by atoms with Crippen molar-refractivity contribution in [3.63, 3.8) is 0 Å². The Balaban J connectivity index is 2.01. The first kappa shape index (κ1) is 14.5.